The summed E-state index contributed by atoms with van der Waals surface area (Å²) in [5, 5.41) is 2.29. The van der Waals surface area contributed by atoms with Crippen molar-refractivity contribution in [1.82, 2.24) is 0 Å². The third kappa shape index (κ3) is 5.37. The van der Waals surface area contributed by atoms with E-state index in [1.165, 1.54) is 55.6 Å². The summed E-state index contributed by atoms with van der Waals surface area (Å²) in [7, 11) is 0. The molecule has 1 aromatic heterocycles. The van der Waals surface area contributed by atoms with Gasteiger partial charge in [-0.1, -0.05) is 166 Å². The van der Waals surface area contributed by atoms with Crippen molar-refractivity contribution in [1.29, 1.82) is 0 Å². The van der Waals surface area contributed by atoms with E-state index in [0.717, 1.165) is 50.1 Å². The van der Waals surface area contributed by atoms with Gasteiger partial charge in [-0.25, -0.2) is 0 Å². The molecule has 0 N–H and O–H groups in total. The normalized spacial score (nSPS) is 15.0. The minimum absolute atomic E-state index is 0.0113. The van der Waals surface area contributed by atoms with Gasteiger partial charge < -0.3 is 9.32 Å². The quantitative estimate of drug-likeness (QED) is 0.178. The van der Waals surface area contributed by atoms with Gasteiger partial charge in [-0.05, 0) is 114 Å². The fourth-order valence-electron chi connectivity index (χ4n) is 10.2. The largest absolute Gasteiger partial charge is 0.455 e. The van der Waals surface area contributed by atoms with E-state index in [-0.39, 0.29) is 21.7 Å². The molecule has 0 bridgehead atoms. The van der Waals surface area contributed by atoms with Crippen LogP contribution in [0.5, 0.6) is 0 Å². The molecule has 0 fully saturated rings. The van der Waals surface area contributed by atoms with Crippen molar-refractivity contribution in [3.05, 3.63) is 173 Å². The van der Waals surface area contributed by atoms with Crippen molar-refractivity contribution in [3.63, 3.8) is 0 Å². The van der Waals surface area contributed by atoms with E-state index in [9.17, 15) is 0 Å². The highest BCUT2D eigenvalue weighted by Crippen LogP contribution is 2.55. The average molecular weight is 756 g/mol. The van der Waals surface area contributed by atoms with Gasteiger partial charge >= 0.3 is 0 Å². The zero-order valence-corrected chi connectivity index (χ0v) is 35.6. The van der Waals surface area contributed by atoms with Gasteiger partial charge in [0.15, 0.2) is 0 Å². The Kier molecular flexibility index (Phi) is 7.75. The monoisotopic (exact) mass is 755 g/mol. The van der Waals surface area contributed by atoms with Crippen molar-refractivity contribution in [3.8, 4) is 33.4 Å². The molecule has 2 aliphatic carbocycles. The first-order chi connectivity index (χ1) is 27.5. The smallest absolute Gasteiger partial charge is 0.143 e. The second-order valence-electron chi connectivity index (χ2n) is 19.9. The minimum atomic E-state index is -0.118. The lowest BCUT2D eigenvalue weighted by atomic mass is 9.72. The summed E-state index contributed by atoms with van der Waals surface area (Å²) >= 11 is 0. The van der Waals surface area contributed by atoms with Crippen LogP contribution in [0.4, 0.5) is 17.1 Å². The summed E-state index contributed by atoms with van der Waals surface area (Å²) < 4.78 is 6.48. The summed E-state index contributed by atoms with van der Waals surface area (Å²) in [4.78, 5) is 2.46. The van der Waals surface area contributed by atoms with Gasteiger partial charge in [0.2, 0.25) is 0 Å². The number of rotatable bonds is 4. The van der Waals surface area contributed by atoms with Crippen LogP contribution in [0.3, 0.4) is 0 Å². The number of para-hydroxylation sites is 2. The van der Waals surface area contributed by atoms with Gasteiger partial charge in [0, 0.05) is 44.2 Å². The molecule has 2 nitrogen and oxygen atoms in total. The topological polar surface area (TPSA) is 16.4 Å². The zero-order chi connectivity index (χ0) is 40.5. The molecule has 288 valence electrons. The first kappa shape index (κ1) is 36.5. The van der Waals surface area contributed by atoms with Crippen LogP contribution in [0.15, 0.2) is 144 Å². The van der Waals surface area contributed by atoms with E-state index in [2.05, 4.69) is 208 Å². The van der Waals surface area contributed by atoms with Gasteiger partial charge in [-0.2, -0.15) is 0 Å². The van der Waals surface area contributed by atoms with E-state index in [0.29, 0.717) is 0 Å². The fraction of sp³-hybridized carbons (Fsp3) is 0.250. The Hall–Kier alpha value is -5.86. The number of benzene rings is 7. The maximum Gasteiger partial charge on any atom is 0.143 e. The van der Waals surface area contributed by atoms with Crippen molar-refractivity contribution < 1.29 is 4.42 Å². The van der Waals surface area contributed by atoms with Gasteiger partial charge in [-0.15, -0.1) is 0 Å². The van der Waals surface area contributed by atoms with Gasteiger partial charge in [0.1, 0.15) is 11.2 Å². The van der Waals surface area contributed by atoms with Crippen molar-refractivity contribution >= 4 is 39.0 Å². The summed E-state index contributed by atoms with van der Waals surface area (Å²) in [6, 6.07) is 52.2. The number of nitrogens with zero attached hydrogens (tertiary/aromatic N) is 1. The Morgan fingerprint density at radius 2 is 0.948 bits per heavy atom. The highest BCUT2D eigenvalue weighted by atomic mass is 16.3. The van der Waals surface area contributed by atoms with Crippen LogP contribution in [0.2, 0.25) is 0 Å². The Labute approximate surface area is 344 Å². The third-order valence-electron chi connectivity index (χ3n) is 13.3. The summed E-state index contributed by atoms with van der Waals surface area (Å²) in [5.41, 5.74) is 21.1. The van der Waals surface area contributed by atoms with E-state index in [1.807, 2.05) is 6.07 Å². The molecule has 58 heavy (non-hydrogen) atoms. The molecule has 0 amide bonds. The van der Waals surface area contributed by atoms with Gasteiger partial charge in [0.05, 0.1) is 0 Å². The summed E-state index contributed by atoms with van der Waals surface area (Å²) in [6.45, 7) is 23.7. The lowest BCUT2D eigenvalue weighted by molar-refractivity contribution is 0.527. The van der Waals surface area contributed by atoms with Gasteiger partial charge in [-0.3, -0.25) is 0 Å². The van der Waals surface area contributed by atoms with Gasteiger partial charge in [0.25, 0.3) is 0 Å². The maximum atomic E-state index is 6.48. The Morgan fingerprint density at radius 3 is 1.69 bits per heavy atom. The van der Waals surface area contributed by atoms with Crippen molar-refractivity contribution in [2.45, 2.75) is 90.9 Å². The molecule has 0 unspecified atom stereocenters. The first-order valence-electron chi connectivity index (χ1n) is 20.9. The lowest BCUT2D eigenvalue weighted by Crippen LogP contribution is -2.24. The van der Waals surface area contributed by atoms with Crippen molar-refractivity contribution in [2.75, 3.05) is 4.90 Å². The van der Waals surface area contributed by atoms with Crippen LogP contribution in [0.25, 0.3) is 55.3 Å². The van der Waals surface area contributed by atoms with Crippen LogP contribution >= 0.6 is 0 Å². The van der Waals surface area contributed by atoms with Crippen LogP contribution in [-0.2, 0) is 21.7 Å². The van der Waals surface area contributed by atoms with E-state index in [4.69, 9.17) is 4.42 Å². The molecule has 10 rings (SSSR count). The Balaban J connectivity index is 1.15. The molecule has 8 aromatic rings. The number of anilines is 3. The van der Waals surface area contributed by atoms with E-state index in [1.54, 1.807) is 0 Å². The summed E-state index contributed by atoms with van der Waals surface area (Å²) in [6.07, 6.45) is 0. The molecular formula is C56H53NO. The van der Waals surface area contributed by atoms with Crippen LogP contribution < -0.4 is 4.90 Å². The van der Waals surface area contributed by atoms with Crippen LogP contribution in [0, 0.1) is 0 Å². The average Bonchev–Trinajstić information content (AvgIpc) is 3.77. The molecule has 0 saturated heterocycles. The maximum absolute atomic E-state index is 6.48. The molecule has 7 aromatic carbocycles. The number of hydrogen-bond donors (Lipinski definition) is 0. The Morgan fingerprint density at radius 1 is 0.414 bits per heavy atom. The molecule has 1 heterocycles. The minimum Gasteiger partial charge on any atom is -0.455 e. The molecular weight excluding hydrogens is 703 g/mol. The molecule has 0 atom stereocenters. The highest BCUT2D eigenvalue weighted by molar-refractivity contribution is 6.09. The third-order valence-corrected chi connectivity index (χ3v) is 13.3. The predicted octanol–water partition coefficient (Wildman–Crippen LogP) is 15.9. The lowest BCUT2D eigenvalue weighted by Gasteiger charge is -2.32. The standard InChI is InChI=1S/C56H53NO/c1-53(2,3)49-32-44-43-30-36(27-29-46(43)56(9,10)48(44)33-50(49)54(4,5)6)57(37-26-28-40-39-16-11-13-20-45(39)55(7,8)47(40)31-37)35-24-22-34(23-25-35)38-18-15-19-42-41-17-12-14-21-51(41)58-52(38)42/h11-33H,1-10H3. The molecule has 2 heteroatoms. The summed E-state index contributed by atoms with van der Waals surface area (Å²) in [5.74, 6) is 0. The number of furan rings is 1. The second kappa shape index (κ2) is 12.3. The van der Waals surface area contributed by atoms with Crippen LogP contribution in [0.1, 0.15) is 103 Å². The van der Waals surface area contributed by atoms with Crippen molar-refractivity contribution in [2.24, 2.45) is 0 Å². The molecule has 0 saturated carbocycles. The second-order valence-corrected chi connectivity index (χ2v) is 19.9. The Bertz CT molecular complexity index is 2960. The van der Waals surface area contributed by atoms with E-state index < -0.39 is 0 Å². The molecule has 0 radical (unpaired) electrons. The van der Waals surface area contributed by atoms with E-state index >= 15 is 0 Å². The zero-order valence-electron chi connectivity index (χ0n) is 35.6. The van der Waals surface area contributed by atoms with Crippen LogP contribution in [-0.4, -0.2) is 0 Å². The molecule has 0 aliphatic heterocycles. The fourth-order valence-corrected chi connectivity index (χ4v) is 10.2. The number of hydrogen-bond acceptors (Lipinski definition) is 2. The molecule has 0 spiro atoms. The predicted molar refractivity (Wildman–Crippen MR) is 246 cm³/mol. The highest BCUT2D eigenvalue weighted by Gasteiger charge is 2.40. The molecule has 2 aliphatic rings. The number of fused-ring (bicyclic) bond motifs is 9. The SMILES string of the molecule is CC(C)(C)c1cc2c(cc1C(C)(C)C)C(C)(C)c1ccc(N(c3ccc(-c4cccc5c4oc4ccccc45)cc3)c3ccc4c(c3)C(C)(C)c3ccccc3-4)cc1-2. The first-order valence-corrected chi connectivity index (χ1v) is 20.9.